The maximum atomic E-state index is 12.2. The predicted molar refractivity (Wildman–Crippen MR) is 102 cm³/mol. The second-order valence-corrected chi connectivity index (χ2v) is 6.93. The SMILES string of the molecule is COc1ccc(-c2ccc(N3CCN(C(=O)C4CC4)CC3)nn2)cc1OC. The van der Waals surface area contributed by atoms with Crippen LogP contribution in [-0.4, -0.2) is 61.4 Å². The van der Waals surface area contributed by atoms with Crippen molar-refractivity contribution in [2.24, 2.45) is 5.92 Å². The van der Waals surface area contributed by atoms with E-state index in [1.54, 1.807) is 14.2 Å². The third-order valence-corrected chi connectivity index (χ3v) is 5.17. The van der Waals surface area contributed by atoms with Gasteiger partial charge in [0.05, 0.1) is 19.9 Å². The largest absolute Gasteiger partial charge is 0.493 e. The molecule has 1 amide bonds. The van der Waals surface area contributed by atoms with E-state index in [2.05, 4.69) is 15.1 Å². The van der Waals surface area contributed by atoms with Crippen LogP contribution in [0.5, 0.6) is 11.5 Å². The molecule has 0 atom stereocenters. The van der Waals surface area contributed by atoms with Gasteiger partial charge in [-0.2, -0.15) is 0 Å². The van der Waals surface area contributed by atoms with Gasteiger partial charge in [-0.25, -0.2) is 0 Å². The van der Waals surface area contributed by atoms with Crippen molar-refractivity contribution in [3.63, 3.8) is 0 Å². The van der Waals surface area contributed by atoms with Crippen molar-refractivity contribution in [2.75, 3.05) is 45.3 Å². The Morgan fingerprint density at radius 2 is 1.70 bits per heavy atom. The quantitative estimate of drug-likeness (QED) is 0.806. The van der Waals surface area contributed by atoms with Gasteiger partial charge in [0.1, 0.15) is 0 Å². The van der Waals surface area contributed by atoms with Crippen LogP contribution in [0.25, 0.3) is 11.3 Å². The monoisotopic (exact) mass is 368 g/mol. The minimum absolute atomic E-state index is 0.289. The minimum Gasteiger partial charge on any atom is -0.493 e. The lowest BCUT2D eigenvalue weighted by atomic mass is 10.1. The molecule has 4 rings (SSSR count). The van der Waals surface area contributed by atoms with E-state index in [1.165, 1.54) is 0 Å². The van der Waals surface area contributed by atoms with Crippen molar-refractivity contribution in [2.45, 2.75) is 12.8 Å². The number of ether oxygens (including phenoxy) is 2. The van der Waals surface area contributed by atoms with E-state index in [-0.39, 0.29) is 5.92 Å². The van der Waals surface area contributed by atoms with Crippen LogP contribution < -0.4 is 14.4 Å². The number of aromatic nitrogens is 2. The van der Waals surface area contributed by atoms with Gasteiger partial charge in [-0.3, -0.25) is 4.79 Å². The summed E-state index contributed by atoms with van der Waals surface area (Å²) in [5.74, 6) is 2.81. The summed E-state index contributed by atoms with van der Waals surface area (Å²) in [4.78, 5) is 16.3. The summed E-state index contributed by atoms with van der Waals surface area (Å²) < 4.78 is 10.6. The Morgan fingerprint density at radius 1 is 0.963 bits per heavy atom. The van der Waals surface area contributed by atoms with E-state index in [9.17, 15) is 4.79 Å². The van der Waals surface area contributed by atoms with Crippen LogP contribution in [-0.2, 0) is 4.79 Å². The molecule has 2 aromatic rings. The lowest BCUT2D eigenvalue weighted by Gasteiger charge is -2.35. The zero-order chi connectivity index (χ0) is 18.8. The molecule has 7 heteroatoms. The van der Waals surface area contributed by atoms with Crippen LogP contribution in [0, 0.1) is 5.92 Å². The first kappa shape index (κ1) is 17.6. The first-order chi connectivity index (χ1) is 13.2. The fraction of sp³-hybridized carbons (Fsp3) is 0.450. The van der Waals surface area contributed by atoms with E-state index in [1.807, 2.05) is 35.2 Å². The van der Waals surface area contributed by atoms with E-state index in [4.69, 9.17) is 9.47 Å². The maximum absolute atomic E-state index is 12.2. The topological polar surface area (TPSA) is 67.8 Å². The summed E-state index contributed by atoms with van der Waals surface area (Å²) in [5.41, 5.74) is 1.70. The molecule has 1 aliphatic heterocycles. The molecule has 0 unspecified atom stereocenters. The Labute approximate surface area is 158 Å². The first-order valence-electron chi connectivity index (χ1n) is 9.29. The summed E-state index contributed by atoms with van der Waals surface area (Å²) in [6.07, 6.45) is 2.12. The first-order valence-corrected chi connectivity index (χ1v) is 9.29. The maximum Gasteiger partial charge on any atom is 0.225 e. The number of hydrogen-bond acceptors (Lipinski definition) is 6. The molecule has 142 valence electrons. The van der Waals surface area contributed by atoms with E-state index in [0.717, 1.165) is 56.1 Å². The van der Waals surface area contributed by atoms with Gasteiger partial charge in [0.2, 0.25) is 5.91 Å². The summed E-state index contributed by atoms with van der Waals surface area (Å²) in [6, 6.07) is 9.64. The highest BCUT2D eigenvalue weighted by atomic mass is 16.5. The molecule has 0 spiro atoms. The molecular formula is C20H24N4O3. The third-order valence-electron chi connectivity index (χ3n) is 5.17. The molecule has 0 bridgehead atoms. The Hall–Kier alpha value is -2.83. The Morgan fingerprint density at radius 3 is 2.30 bits per heavy atom. The Kier molecular flexibility index (Phi) is 4.83. The van der Waals surface area contributed by atoms with Crippen LogP contribution in [0.2, 0.25) is 0 Å². The van der Waals surface area contributed by atoms with Gasteiger partial charge in [-0.15, -0.1) is 10.2 Å². The Balaban J connectivity index is 1.43. The summed E-state index contributed by atoms with van der Waals surface area (Å²) in [7, 11) is 3.23. The zero-order valence-electron chi connectivity index (χ0n) is 15.7. The standard InChI is InChI=1S/C20H24N4O3/c1-26-17-7-5-15(13-18(17)27-2)16-6-8-19(22-21-16)23-9-11-24(12-10-23)20(25)14-3-4-14/h5-8,13-14H,3-4,9-12H2,1-2H3. The fourth-order valence-electron chi connectivity index (χ4n) is 3.39. The van der Waals surface area contributed by atoms with Crippen molar-refractivity contribution in [1.29, 1.82) is 0 Å². The number of carbonyl (C=O) groups is 1. The van der Waals surface area contributed by atoms with Crippen LogP contribution in [0.4, 0.5) is 5.82 Å². The van der Waals surface area contributed by atoms with Crippen molar-refractivity contribution < 1.29 is 14.3 Å². The van der Waals surface area contributed by atoms with E-state index < -0.39 is 0 Å². The van der Waals surface area contributed by atoms with Crippen LogP contribution in [0.3, 0.4) is 0 Å². The molecule has 1 saturated heterocycles. The van der Waals surface area contributed by atoms with Gasteiger partial charge in [0, 0.05) is 37.7 Å². The molecule has 1 saturated carbocycles. The molecular weight excluding hydrogens is 344 g/mol. The molecule has 27 heavy (non-hydrogen) atoms. The van der Waals surface area contributed by atoms with Gasteiger partial charge in [-0.05, 0) is 43.2 Å². The van der Waals surface area contributed by atoms with Crippen molar-refractivity contribution in [3.05, 3.63) is 30.3 Å². The number of hydrogen-bond donors (Lipinski definition) is 0. The predicted octanol–water partition coefficient (Wildman–Crippen LogP) is 2.22. The average molecular weight is 368 g/mol. The normalized spacial score (nSPS) is 17.0. The number of piperazine rings is 1. The second kappa shape index (κ2) is 7.42. The van der Waals surface area contributed by atoms with Crippen molar-refractivity contribution >= 4 is 11.7 Å². The molecule has 2 heterocycles. The zero-order valence-corrected chi connectivity index (χ0v) is 15.7. The van der Waals surface area contributed by atoms with Crippen molar-refractivity contribution in [1.82, 2.24) is 15.1 Å². The number of rotatable bonds is 5. The number of nitrogens with zero attached hydrogens (tertiary/aromatic N) is 4. The molecule has 2 aliphatic rings. The average Bonchev–Trinajstić information content (AvgIpc) is 3.58. The van der Waals surface area contributed by atoms with Gasteiger partial charge in [-0.1, -0.05) is 0 Å². The third kappa shape index (κ3) is 3.67. The molecule has 0 radical (unpaired) electrons. The number of carbonyl (C=O) groups excluding carboxylic acids is 1. The van der Waals surface area contributed by atoms with E-state index in [0.29, 0.717) is 17.4 Å². The van der Waals surface area contributed by atoms with Crippen LogP contribution in [0.15, 0.2) is 30.3 Å². The number of benzene rings is 1. The van der Waals surface area contributed by atoms with Gasteiger partial charge in [0.25, 0.3) is 0 Å². The molecule has 7 nitrogen and oxygen atoms in total. The molecule has 0 N–H and O–H groups in total. The number of anilines is 1. The minimum atomic E-state index is 0.289. The van der Waals surface area contributed by atoms with E-state index >= 15 is 0 Å². The number of amides is 1. The van der Waals surface area contributed by atoms with Gasteiger partial charge >= 0.3 is 0 Å². The van der Waals surface area contributed by atoms with Gasteiger partial charge < -0.3 is 19.3 Å². The smallest absolute Gasteiger partial charge is 0.225 e. The summed E-state index contributed by atoms with van der Waals surface area (Å²) >= 11 is 0. The molecule has 1 aromatic carbocycles. The molecule has 1 aromatic heterocycles. The van der Waals surface area contributed by atoms with Crippen LogP contribution in [0.1, 0.15) is 12.8 Å². The highest BCUT2D eigenvalue weighted by molar-refractivity contribution is 5.81. The van der Waals surface area contributed by atoms with Crippen molar-refractivity contribution in [3.8, 4) is 22.8 Å². The van der Waals surface area contributed by atoms with Crippen LogP contribution >= 0.6 is 0 Å². The lowest BCUT2D eigenvalue weighted by molar-refractivity contribution is -0.132. The second-order valence-electron chi connectivity index (χ2n) is 6.93. The highest BCUT2D eigenvalue weighted by Crippen LogP contribution is 2.32. The summed E-state index contributed by atoms with van der Waals surface area (Å²) in [5, 5.41) is 8.77. The summed E-state index contributed by atoms with van der Waals surface area (Å²) in [6.45, 7) is 3.11. The Bertz CT molecular complexity index is 812. The lowest BCUT2D eigenvalue weighted by Crippen LogP contribution is -2.49. The number of methoxy groups -OCH3 is 2. The fourth-order valence-corrected chi connectivity index (χ4v) is 3.39. The van der Waals surface area contributed by atoms with Gasteiger partial charge in [0.15, 0.2) is 17.3 Å². The molecule has 1 aliphatic carbocycles. The highest BCUT2D eigenvalue weighted by Gasteiger charge is 2.34. The molecule has 2 fully saturated rings.